The molecule has 0 aliphatic carbocycles. The van der Waals surface area contributed by atoms with Gasteiger partial charge in [0, 0.05) is 44.6 Å². The predicted molar refractivity (Wildman–Crippen MR) is 103 cm³/mol. The molecular formula is C18H25ClN4O2S. The molecule has 0 saturated carbocycles. The van der Waals surface area contributed by atoms with Crippen LogP contribution in [0, 0.1) is 0 Å². The highest BCUT2D eigenvalue weighted by molar-refractivity contribution is 7.86. The Bertz CT molecular complexity index is 827. The number of halogens is 1. The lowest BCUT2D eigenvalue weighted by molar-refractivity contribution is 0.334. The summed E-state index contributed by atoms with van der Waals surface area (Å²) in [6, 6.07) is 6.76. The molecule has 1 saturated heterocycles. The molecule has 1 atom stereocenters. The van der Waals surface area contributed by atoms with E-state index in [0.29, 0.717) is 23.9 Å². The second-order valence-corrected chi connectivity index (χ2v) is 9.11. The van der Waals surface area contributed by atoms with Crippen molar-refractivity contribution >= 4 is 21.8 Å². The molecule has 1 aromatic heterocycles. The third-order valence-electron chi connectivity index (χ3n) is 4.91. The van der Waals surface area contributed by atoms with Crippen molar-refractivity contribution in [1.82, 2.24) is 18.2 Å². The summed E-state index contributed by atoms with van der Waals surface area (Å²) in [5.41, 5.74) is 0.838. The molecule has 8 heteroatoms. The van der Waals surface area contributed by atoms with E-state index in [1.807, 2.05) is 29.9 Å². The fraction of sp³-hybridized carbons (Fsp3) is 0.500. The Labute approximate surface area is 160 Å². The van der Waals surface area contributed by atoms with E-state index in [0.717, 1.165) is 31.2 Å². The largest absolute Gasteiger partial charge is 0.336 e. The second kappa shape index (κ2) is 8.08. The van der Waals surface area contributed by atoms with Crippen molar-refractivity contribution in [3.63, 3.8) is 0 Å². The van der Waals surface area contributed by atoms with E-state index in [1.165, 1.54) is 4.31 Å². The predicted octanol–water partition coefficient (Wildman–Crippen LogP) is 3.22. The summed E-state index contributed by atoms with van der Waals surface area (Å²) < 4.78 is 31.5. The van der Waals surface area contributed by atoms with Gasteiger partial charge in [0.2, 0.25) is 0 Å². The summed E-state index contributed by atoms with van der Waals surface area (Å²) in [6.07, 6.45) is 7.48. The molecule has 0 N–H and O–H groups in total. The molecule has 26 heavy (non-hydrogen) atoms. The van der Waals surface area contributed by atoms with E-state index in [1.54, 1.807) is 29.7 Å². The van der Waals surface area contributed by atoms with Crippen LogP contribution in [-0.2, 0) is 17.3 Å². The maximum atomic E-state index is 13.3. The smallest absolute Gasteiger partial charge is 0.282 e. The van der Waals surface area contributed by atoms with Gasteiger partial charge in [-0.2, -0.15) is 17.0 Å². The molecular weight excluding hydrogens is 372 g/mol. The van der Waals surface area contributed by atoms with Gasteiger partial charge in [-0.1, -0.05) is 36.6 Å². The van der Waals surface area contributed by atoms with Crippen LogP contribution in [0.3, 0.4) is 0 Å². The molecule has 0 bridgehead atoms. The van der Waals surface area contributed by atoms with Crippen molar-refractivity contribution in [2.45, 2.75) is 31.7 Å². The summed E-state index contributed by atoms with van der Waals surface area (Å²) in [6.45, 7) is 1.14. The topological polar surface area (TPSA) is 58.4 Å². The fourth-order valence-electron chi connectivity index (χ4n) is 3.40. The highest BCUT2D eigenvalue weighted by atomic mass is 35.5. The quantitative estimate of drug-likeness (QED) is 0.779. The lowest BCUT2D eigenvalue weighted by Crippen LogP contribution is -2.44. The first-order chi connectivity index (χ1) is 12.4. The summed E-state index contributed by atoms with van der Waals surface area (Å²) in [7, 11) is -0.0995. The standard InChI is InChI=1S/C18H25ClN4O2S/c1-21-14-11-20-18(21)17(15-7-9-16(19)10-8-15)22(2)26(24,25)23-12-5-3-4-6-13-23/h7-11,14,17H,3-6,12-13H2,1-2H3. The van der Waals surface area contributed by atoms with Gasteiger partial charge in [-0.15, -0.1) is 0 Å². The Morgan fingerprint density at radius 3 is 2.27 bits per heavy atom. The Morgan fingerprint density at radius 1 is 1.12 bits per heavy atom. The number of aromatic nitrogens is 2. The third-order valence-corrected chi connectivity index (χ3v) is 7.12. The van der Waals surface area contributed by atoms with Crippen molar-refractivity contribution in [1.29, 1.82) is 0 Å². The Hall–Kier alpha value is -1.41. The second-order valence-electron chi connectivity index (χ2n) is 6.69. The zero-order valence-electron chi connectivity index (χ0n) is 15.2. The summed E-state index contributed by atoms with van der Waals surface area (Å²) in [5, 5.41) is 0.616. The average Bonchev–Trinajstić information content (AvgIpc) is 2.87. The van der Waals surface area contributed by atoms with Gasteiger partial charge < -0.3 is 4.57 Å². The molecule has 1 aliphatic rings. The van der Waals surface area contributed by atoms with Crippen LogP contribution in [0.1, 0.15) is 43.1 Å². The molecule has 1 unspecified atom stereocenters. The number of rotatable bonds is 5. The van der Waals surface area contributed by atoms with Crippen LogP contribution in [0.5, 0.6) is 0 Å². The summed E-state index contributed by atoms with van der Waals surface area (Å²) in [5.74, 6) is 0.674. The minimum atomic E-state index is -3.61. The minimum Gasteiger partial charge on any atom is -0.336 e. The van der Waals surface area contributed by atoms with Gasteiger partial charge in [-0.25, -0.2) is 4.98 Å². The van der Waals surface area contributed by atoms with Crippen molar-refractivity contribution in [3.8, 4) is 0 Å². The molecule has 2 heterocycles. The van der Waals surface area contributed by atoms with Crippen molar-refractivity contribution in [2.75, 3.05) is 20.1 Å². The molecule has 0 spiro atoms. The summed E-state index contributed by atoms with van der Waals surface area (Å²) >= 11 is 6.02. The molecule has 0 radical (unpaired) electrons. The van der Waals surface area contributed by atoms with Gasteiger partial charge in [-0.05, 0) is 30.5 Å². The number of nitrogens with zero attached hydrogens (tertiary/aromatic N) is 4. The highest BCUT2D eigenvalue weighted by Gasteiger charge is 2.35. The van der Waals surface area contributed by atoms with Crippen molar-refractivity contribution < 1.29 is 8.42 Å². The van der Waals surface area contributed by atoms with Crippen LogP contribution in [0.25, 0.3) is 0 Å². The van der Waals surface area contributed by atoms with E-state index in [4.69, 9.17) is 11.6 Å². The molecule has 0 amide bonds. The zero-order valence-corrected chi connectivity index (χ0v) is 16.7. The molecule has 1 aliphatic heterocycles. The van der Waals surface area contributed by atoms with Gasteiger partial charge >= 0.3 is 0 Å². The molecule has 1 fully saturated rings. The van der Waals surface area contributed by atoms with E-state index in [-0.39, 0.29) is 0 Å². The van der Waals surface area contributed by atoms with Crippen LogP contribution >= 0.6 is 11.6 Å². The first-order valence-corrected chi connectivity index (χ1v) is 10.6. The summed E-state index contributed by atoms with van der Waals surface area (Å²) in [4.78, 5) is 4.42. The van der Waals surface area contributed by atoms with Crippen LogP contribution in [0.2, 0.25) is 5.02 Å². The lowest BCUT2D eigenvalue weighted by atomic mass is 10.1. The maximum absolute atomic E-state index is 13.3. The molecule has 3 rings (SSSR count). The van der Waals surface area contributed by atoms with E-state index in [2.05, 4.69) is 4.98 Å². The molecule has 142 valence electrons. The van der Waals surface area contributed by atoms with Gasteiger partial charge in [0.05, 0.1) is 0 Å². The van der Waals surface area contributed by atoms with Gasteiger partial charge in [0.25, 0.3) is 10.2 Å². The molecule has 1 aromatic carbocycles. The van der Waals surface area contributed by atoms with E-state index < -0.39 is 16.3 Å². The molecule has 6 nitrogen and oxygen atoms in total. The third kappa shape index (κ3) is 3.96. The van der Waals surface area contributed by atoms with Gasteiger partial charge in [0.1, 0.15) is 11.9 Å². The normalized spacial score (nSPS) is 18.0. The van der Waals surface area contributed by atoms with Gasteiger partial charge in [0.15, 0.2) is 0 Å². The SMILES string of the molecule is CN(C(c1ccc(Cl)cc1)c1nccn1C)S(=O)(=O)N1CCCCCC1. The van der Waals surface area contributed by atoms with Crippen LogP contribution < -0.4 is 0 Å². The van der Waals surface area contributed by atoms with Gasteiger partial charge in [-0.3, -0.25) is 0 Å². The molecule has 2 aromatic rings. The first kappa shape index (κ1) is 19.4. The number of hydrogen-bond acceptors (Lipinski definition) is 3. The average molecular weight is 397 g/mol. The minimum absolute atomic E-state index is 0.513. The highest BCUT2D eigenvalue weighted by Crippen LogP contribution is 2.31. The van der Waals surface area contributed by atoms with Crippen LogP contribution in [0.15, 0.2) is 36.7 Å². The zero-order chi connectivity index (χ0) is 18.7. The number of imidazole rings is 1. The fourth-order valence-corrected chi connectivity index (χ4v) is 5.09. The van der Waals surface area contributed by atoms with Crippen molar-refractivity contribution in [2.24, 2.45) is 7.05 Å². The lowest BCUT2D eigenvalue weighted by Gasteiger charge is -2.32. The van der Waals surface area contributed by atoms with E-state index in [9.17, 15) is 8.42 Å². The Balaban J connectivity index is 2.00. The van der Waals surface area contributed by atoms with Crippen molar-refractivity contribution in [3.05, 3.63) is 53.1 Å². The Kier molecular flexibility index (Phi) is 6.02. The van der Waals surface area contributed by atoms with Crippen LogP contribution in [0.4, 0.5) is 0 Å². The van der Waals surface area contributed by atoms with Crippen LogP contribution in [-0.4, -0.2) is 46.7 Å². The maximum Gasteiger partial charge on any atom is 0.282 e. The first-order valence-electron chi connectivity index (χ1n) is 8.87. The number of aryl methyl sites for hydroxylation is 1. The number of hydrogen-bond donors (Lipinski definition) is 0. The monoisotopic (exact) mass is 396 g/mol. The number of benzene rings is 1. The Morgan fingerprint density at radius 2 is 1.73 bits per heavy atom. The van der Waals surface area contributed by atoms with E-state index >= 15 is 0 Å².